The van der Waals surface area contributed by atoms with Gasteiger partial charge in [-0.05, 0) is 37.6 Å². The van der Waals surface area contributed by atoms with Crippen LogP contribution in [-0.4, -0.2) is 58.9 Å². The maximum atomic E-state index is 5.45. The molecule has 1 atom stereocenters. The zero-order valence-corrected chi connectivity index (χ0v) is 15.5. The highest BCUT2D eigenvalue weighted by atomic mass is 16.5. The number of piperidine rings is 1. The molecule has 2 saturated heterocycles. The molecule has 3 aromatic rings. The number of anilines is 1. The van der Waals surface area contributed by atoms with Gasteiger partial charge in [0.1, 0.15) is 0 Å². The average Bonchev–Trinajstić information content (AvgIpc) is 3.38. The van der Waals surface area contributed by atoms with E-state index in [1.807, 2.05) is 16.8 Å². The smallest absolute Gasteiger partial charge is 0.156 e. The van der Waals surface area contributed by atoms with E-state index in [0.717, 1.165) is 63.8 Å². The molecule has 2 fully saturated rings. The third kappa shape index (κ3) is 3.57. The largest absolute Gasteiger partial charge is 0.472 e. The van der Waals surface area contributed by atoms with E-state index < -0.39 is 0 Å². The molecule has 0 spiro atoms. The summed E-state index contributed by atoms with van der Waals surface area (Å²) in [5.74, 6) is 1.35. The fourth-order valence-corrected chi connectivity index (χ4v) is 4.12. The van der Waals surface area contributed by atoms with E-state index in [0.29, 0.717) is 5.92 Å². The number of pyridine rings is 1. The molecule has 142 valence electrons. The number of fused-ring (bicyclic) bond motifs is 1. The summed E-state index contributed by atoms with van der Waals surface area (Å²) in [4.78, 5) is 9.64. The number of nitrogens with zero attached hydrogens (tertiary/aromatic N) is 5. The second-order valence-corrected chi connectivity index (χ2v) is 7.47. The van der Waals surface area contributed by atoms with Gasteiger partial charge in [0.15, 0.2) is 11.5 Å². The van der Waals surface area contributed by atoms with Crippen molar-refractivity contribution in [3.63, 3.8) is 0 Å². The van der Waals surface area contributed by atoms with Gasteiger partial charge in [-0.3, -0.25) is 4.90 Å². The lowest BCUT2D eigenvalue weighted by atomic mass is 9.97. The van der Waals surface area contributed by atoms with Crippen LogP contribution in [0.4, 0.5) is 5.69 Å². The van der Waals surface area contributed by atoms with Crippen molar-refractivity contribution in [3.05, 3.63) is 48.3 Å². The van der Waals surface area contributed by atoms with Gasteiger partial charge >= 0.3 is 0 Å². The first kappa shape index (κ1) is 16.8. The molecular formula is C20H25N5O2. The molecule has 2 aliphatic heterocycles. The first-order valence-corrected chi connectivity index (χ1v) is 9.77. The van der Waals surface area contributed by atoms with Crippen molar-refractivity contribution in [2.45, 2.75) is 25.3 Å². The lowest BCUT2D eigenvalue weighted by molar-refractivity contribution is 0.122. The van der Waals surface area contributed by atoms with E-state index >= 15 is 0 Å². The normalized spacial score (nSPS) is 21.8. The summed E-state index contributed by atoms with van der Waals surface area (Å²) >= 11 is 0. The molecule has 0 unspecified atom stereocenters. The van der Waals surface area contributed by atoms with Crippen LogP contribution in [0.25, 0.3) is 5.65 Å². The Morgan fingerprint density at radius 1 is 1.11 bits per heavy atom. The zero-order chi connectivity index (χ0) is 18.1. The molecule has 27 heavy (non-hydrogen) atoms. The highest BCUT2D eigenvalue weighted by Gasteiger charge is 2.25. The van der Waals surface area contributed by atoms with Crippen molar-refractivity contribution in [2.75, 3.05) is 44.3 Å². The van der Waals surface area contributed by atoms with Gasteiger partial charge in [-0.2, -0.15) is 5.10 Å². The third-order valence-electron chi connectivity index (χ3n) is 5.56. The van der Waals surface area contributed by atoms with Gasteiger partial charge in [-0.15, -0.1) is 0 Å². The summed E-state index contributed by atoms with van der Waals surface area (Å²) in [6, 6.07) is 6.26. The molecule has 0 aliphatic carbocycles. The summed E-state index contributed by atoms with van der Waals surface area (Å²) < 4.78 is 12.6. The molecule has 5 heterocycles. The third-order valence-corrected chi connectivity index (χ3v) is 5.56. The number of likely N-dealkylation sites (tertiary alicyclic amines) is 1. The second-order valence-electron chi connectivity index (χ2n) is 7.47. The summed E-state index contributed by atoms with van der Waals surface area (Å²) in [5, 5.41) is 4.83. The molecule has 0 radical (unpaired) electrons. The highest BCUT2D eigenvalue weighted by molar-refractivity contribution is 5.51. The number of furan rings is 1. The zero-order valence-electron chi connectivity index (χ0n) is 15.5. The number of ether oxygens (including phenoxy) is 1. The van der Waals surface area contributed by atoms with Crippen LogP contribution in [0.1, 0.15) is 30.1 Å². The van der Waals surface area contributed by atoms with Crippen LogP contribution in [0, 0.1) is 0 Å². The van der Waals surface area contributed by atoms with Gasteiger partial charge in [0.05, 0.1) is 37.6 Å². The first-order chi connectivity index (χ1) is 13.3. The van der Waals surface area contributed by atoms with Crippen molar-refractivity contribution in [2.24, 2.45) is 0 Å². The molecule has 0 saturated carbocycles. The Labute approximate surface area is 158 Å². The second kappa shape index (κ2) is 7.32. The Bertz CT molecular complexity index is 885. The summed E-state index contributed by atoms with van der Waals surface area (Å²) in [5.41, 5.74) is 3.34. The fourth-order valence-electron chi connectivity index (χ4n) is 4.12. The van der Waals surface area contributed by atoms with E-state index in [9.17, 15) is 0 Å². The Morgan fingerprint density at radius 2 is 2.04 bits per heavy atom. The van der Waals surface area contributed by atoms with Gasteiger partial charge in [-0.1, -0.05) is 0 Å². The van der Waals surface area contributed by atoms with Crippen LogP contribution in [0.5, 0.6) is 0 Å². The van der Waals surface area contributed by atoms with E-state index in [-0.39, 0.29) is 0 Å². The molecule has 2 aliphatic rings. The van der Waals surface area contributed by atoms with Crippen molar-refractivity contribution < 1.29 is 9.15 Å². The topological polar surface area (TPSA) is 59.0 Å². The molecule has 0 aromatic carbocycles. The highest BCUT2D eigenvalue weighted by Crippen LogP contribution is 2.27. The first-order valence-electron chi connectivity index (χ1n) is 9.77. The van der Waals surface area contributed by atoms with Gasteiger partial charge in [0, 0.05) is 37.7 Å². The van der Waals surface area contributed by atoms with Crippen molar-refractivity contribution >= 4 is 11.3 Å². The fraction of sp³-hybridized carbons (Fsp3) is 0.500. The summed E-state index contributed by atoms with van der Waals surface area (Å²) in [7, 11) is 0. The minimum atomic E-state index is 0.386. The predicted octanol–water partition coefficient (Wildman–Crippen LogP) is 2.54. The standard InChI is InChI=1S/C20H25N5O2/c1-2-17(13-23(6-1)12-16-5-9-27-15-16)20-21-19-4-3-18(14-25(19)22-20)24-7-10-26-11-8-24/h3-5,9,14-15,17H,1-2,6-8,10-13H2/t17-/m0/s1. The van der Waals surface area contributed by atoms with Crippen LogP contribution >= 0.6 is 0 Å². The SMILES string of the molecule is c1cc(CN2CCC[C@H](c3nc4ccc(N5CCOCC5)cn4n3)C2)co1. The maximum Gasteiger partial charge on any atom is 0.156 e. The number of morpholine rings is 1. The van der Waals surface area contributed by atoms with Crippen molar-refractivity contribution in [1.29, 1.82) is 0 Å². The Morgan fingerprint density at radius 3 is 2.89 bits per heavy atom. The minimum Gasteiger partial charge on any atom is -0.472 e. The Kier molecular flexibility index (Phi) is 4.55. The van der Waals surface area contributed by atoms with Gasteiger partial charge in [0.25, 0.3) is 0 Å². The van der Waals surface area contributed by atoms with Gasteiger partial charge in [-0.25, -0.2) is 9.50 Å². The van der Waals surface area contributed by atoms with Crippen LogP contribution in [0.15, 0.2) is 41.3 Å². The Hall–Kier alpha value is -2.38. The van der Waals surface area contributed by atoms with Crippen LogP contribution in [0.2, 0.25) is 0 Å². The lowest BCUT2D eigenvalue weighted by Crippen LogP contribution is -2.36. The molecule has 0 amide bonds. The summed E-state index contributed by atoms with van der Waals surface area (Å²) in [6.07, 6.45) is 8.00. The van der Waals surface area contributed by atoms with E-state index in [1.165, 1.54) is 17.7 Å². The molecule has 0 N–H and O–H groups in total. The molecule has 3 aromatic heterocycles. The van der Waals surface area contributed by atoms with Crippen LogP contribution < -0.4 is 4.90 Å². The number of hydrogen-bond acceptors (Lipinski definition) is 6. The molecule has 7 nitrogen and oxygen atoms in total. The van der Waals surface area contributed by atoms with Gasteiger partial charge < -0.3 is 14.1 Å². The van der Waals surface area contributed by atoms with Gasteiger partial charge in [0.2, 0.25) is 0 Å². The van der Waals surface area contributed by atoms with E-state index in [2.05, 4.69) is 28.1 Å². The van der Waals surface area contributed by atoms with Crippen LogP contribution in [-0.2, 0) is 11.3 Å². The number of rotatable bonds is 4. The lowest BCUT2D eigenvalue weighted by Gasteiger charge is -2.30. The van der Waals surface area contributed by atoms with E-state index in [1.54, 1.807) is 6.26 Å². The molecule has 7 heteroatoms. The Balaban J connectivity index is 1.33. The number of hydrogen-bond donors (Lipinski definition) is 0. The predicted molar refractivity (Wildman–Crippen MR) is 102 cm³/mol. The van der Waals surface area contributed by atoms with Crippen molar-refractivity contribution in [3.8, 4) is 0 Å². The molecule has 5 rings (SSSR count). The summed E-state index contributed by atoms with van der Waals surface area (Å²) in [6.45, 7) is 6.48. The average molecular weight is 367 g/mol. The quantitative estimate of drug-likeness (QED) is 0.706. The molecule has 0 bridgehead atoms. The van der Waals surface area contributed by atoms with Crippen LogP contribution in [0.3, 0.4) is 0 Å². The molecular weight excluding hydrogens is 342 g/mol. The van der Waals surface area contributed by atoms with E-state index in [4.69, 9.17) is 19.2 Å². The van der Waals surface area contributed by atoms with Crippen molar-refractivity contribution in [1.82, 2.24) is 19.5 Å². The number of aromatic nitrogens is 3. The minimum absolute atomic E-state index is 0.386. The monoisotopic (exact) mass is 367 g/mol. The maximum absolute atomic E-state index is 5.45.